The minimum atomic E-state index is -0.632. The molecule has 0 saturated heterocycles. The van der Waals surface area contributed by atoms with E-state index in [4.69, 9.17) is 27.2 Å². The number of carbonyl (C=O) groups is 3. The van der Waals surface area contributed by atoms with Gasteiger partial charge in [-0.1, -0.05) is 60.1 Å². The molecule has 10 heteroatoms. The van der Waals surface area contributed by atoms with E-state index in [9.17, 15) is 14.4 Å². The third kappa shape index (κ3) is 6.63. The maximum absolute atomic E-state index is 12.9. The number of halogens is 1. The number of ether oxygens (including phenoxy) is 1. The average Bonchev–Trinajstić information content (AvgIpc) is 3.35. The largest absolute Gasteiger partial charge is 0.466 e. The Balaban J connectivity index is 1.52. The van der Waals surface area contributed by atoms with Gasteiger partial charge in [0.05, 0.1) is 18.9 Å². The molecule has 1 heterocycles. The van der Waals surface area contributed by atoms with Crippen molar-refractivity contribution in [3.8, 4) is 0 Å². The molecule has 38 heavy (non-hydrogen) atoms. The molecule has 4 rings (SSSR count). The van der Waals surface area contributed by atoms with Crippen molar-refractivity contribution in [2.75, 3.05) is 18.5 Å². The Labute approximate surface area is 225 Å². The summed E-state index contributed by atoms with van der Waals surface area (Å²) in [7, 11) is 0. The lowest BCUT2D eigenvalue weighted by Gasteiger charge is -2.15. The first-order valence-electron chi connectivity index (χ1n) is 11.9. The Morgan fingerprint density at radius 1 is 1.08 bits per heavy atom. The van der Waals surface area contributed by atoms with Gasteiger partial charge < -0.3 is 15.8 Å². The van der Waals surface area contributed by atoms with Crippen molar-refractivity contribution in [1.82, 2.24) is 5.01 Å². The van der Waals surface area contributed by atoms with Gasteiger partial charge in [-0.15, -0.1) is 0 Å². The van der Waals surface area contributed by atoms with Crippen molar-refractivity contribution >= 4 is 46.7 Å². The summed E-state index contributed by atoms with van der Waals surface area (Å²) in [6.45, 7) is 2.24. The predicted octanol–water partition coefficient (Wildman–Crippen LogP) is 4.19. The molecule has 0 saturated carbocycles. The Bertz CT molecular complexity index is 1390. The monoisotopic (exact) mass is 531 g/mol. The number of nitrogens with zero attached hydrogens (tertiary/aromatic N) is 3. The standard InChI is InChI=1S/C28H26ClN5O4/c1-2-38-25(36)16-24(35)31-22-10-6-9-20(15-22)27(37)32-28(30)34-17-23(18-7-4-3-5-8-18)26(33-34)19-11-13-21(29)14-12-19/h3-15,23H,2,16-17H2,1H3,(H,31,35)(H2,30,32,37). The van der Waals surface area contributed by atoms with Gasteiger partial charge in [0.25, 0.3) is 5.91 Å². The minimum Gasteiger partial charge on any atom is -0.466 e. The number of carbonyl (C=O) groups excluding carboxylic acids is 3. The van der Waals surface area contributed by atoms with Crippen LogP contribution in [0.4, 0.5) is 5.69 Å². The molecule has 2 amide bonds. The number of hydrazone groups is 1. The van der Waals surface area contributed by atoms with Crippen LogP contribution < -0.4 is 11.1 Å². The Morgan fingerprint density at radius 2 is 1.82 bits per heavy atom. The van der Waals surface area contributed by atoms with Crippen LogP contribution in [0.25, 0.3) is 0 Å². The minimum absolute atomic E-state index is 0.0587. The van der Waals surface area contributed by atoms with E-state index in [2.05, 4.69) is 10.3 Å². The van der Waals surface area contributed by atoms with E-state index in [-0.39, 0.29) is 24.0 Å². The number of amides is 2. The smallest absolute Gasteiger partial charge is 0.315 e. The molecule has 3 N–H and O–H groups in total. The number of hydrogen-bond donors (Lipinski definition) is 2. The van der Waals surface area contributed by atoms with E-state index < -0.39 is 24.2 Å². The summed E-state index contributed by atoms with van der Waals surface area (Å²) >= 11 is 6.07. The molecule has 0 bridgehead atoms. The van der Waals surface area contributed by atoms with Crippen molar-refractivity contribution in [3.63, 3.8) is 0 Å². The summed E-state index contributed by atoms with van der Waals surface area (Å²) in [6, 6.07) is 23.5. The highest BCUT2D eigenvalue weighted by atomic mass is 35.5. The summed E-state index contributed by atoms with van der Waals surface area (Å²) in [4.78, 5) is 40.6. The number of anilines is 1. The first-order valence-corrected chi connectivity index (χ1v) is 12.3. The zero-order valence-corrected chi connectivity index (χ0v) is 21.4. The molecule has 1 aliphatic rings. The molecule has 0 aromatic heterocycles. The maximum Gasteiger partial charge on any atom is 0.315 e. The number of esters is 1. The van der Waals surface area contributed by atoms with Crippen molar-refractivity contribution in [2.24, 2.45) is 15.8 Å². The van der Waals surface area contributed by atoms with Crippen molar-refractivity contribution in [3.05, 3.63) is 101 Å². The van der Waals surface area contributed by atoms with Gasteiger partial charge in [-0.05, 0) is 48.4 Å². The summed E-state index contributed by atoms with van der Waals surface area (Å²) < 4.78 is 4.77. The van der Waals surface area contributed by atoms with Gasteiger partial charge in [-0.25, -0.2) is 5.01 Å². The first kappa shape index (κ1) is 26.6. The van der Waals surface area contributed by atoms with Crippen molar-refractivity contribution < 1.29 is 19.1 Å². The fourth-order valence-electron chi connectivity index (χ4n) is 3.98. The van der Waals surface area contributed by atoms with E-state index in [0.29, 0.717) is 17.3 Å². The molecule has 194 valence electrons. The zero-order chi connectivity index (χ0) is 27.1. The number of nitrogens with one attached hydrogen (secondary N) is 1. The quantitative estimate of drug-likeness (QED) is 0.204. The summed E-state index contributed by atoms with van der Waals surface area (Å²) in [6.07, 6.45) is -0.428. The van der Waals surface area contributed by atoms with Gasteiger partial charge >= 0.3 is 5.97 Å². The third-order valence-corrected chi connectivity index (χ3v) is 5.99. The number of nitrogens with two attached hydrogens (primary N) is 1. The average molecular weight is 532 g/mol. The van der Waals surface area contributed by atoms with Crippen LogP contribution in [0.5, 0.6) is 0 Å². The molecule has 1 atom stereocenters. The van der Waals surface area contributed by atoms with Gasteiger partial charge in [0.2, 0.25) is 11.9 Å². The highest BCUT2D eigenvalue weighted by Gasteiger charge is 2.31. The van der Waals surface area contributed by atoms with Gasteiger partial charge in [-0.2, -0.15) is 10.1 Å². The van der Waals surface area contributed by atoms with E-state index in [1.54, 1.807) is 37.3 Å². The molecule has 3 aromatic rings. The molecule has 3 aromatic carbocycles. The number of hydrogen-bond acceptors (Lipinski definition) is 5. The molecule has 0 radical (unpaired) electrons. The van der Waals surface area contributed by atoms with Crippen LogP contribution in [0.2, 0.25) is 5.02 Å². The number of benzene rings is 3. The summed E-state index contributed by atoms with van der Waals surface area (Å²) in [5, 5.41) is 9.39. The predicted molar refractivity (Wildman–Crippen MR) is 146 cm³/mol. The topological polar surface area (TPSA) is 126 Å². The second-order valence-corrected chi connectivity index (χ2v) is 8.86. The fraction of sp³-hybridized carbons (Fsp3) is 0.179. The van der Waals surface area contributed by atoms with E-state index in [0.717, 1.165) is 16.8 Å². The van der Waals surface area contributed by atoms with Gasteiger partial charge in [0.15, 0.2) is 0 Å². The van der Waals surface area contributed by atoms with Crippen LogP contribution >= 0.6 is 11.6 Å². The van der Waals surface area contributed by atoms with Crippen LogP contribution in [0, 0.1) is 0 Å². The molecule has 0 spiro atoms. The summed E-state index contributed by atoms with van der Waals surface area (Å²) in [5.41, 5.74) is 9.50. The molecule has 0 aliphatic carbocycles. The van der Waals surface area contributed by atoms with Gasteiger partial charge in [0, 0.05) is 22.2 Å². The number of rotatable bonds is 7. The maximum atomic E-state index is 12.9. The highest BCUT2D eigenvalue weighted by Crippen LogP contribution is 2.29. The number of guanidine groups is 1. The van der Waals surface area contributed by atoms with E-state index in [1.165, 1.54) is 11.1 Å². The number of aliphatic imine (C=N–C) groups is 1. The lowest BCUT2D eigenvalue weighted by molar-refractivity contribution is -0.145. The van der Waals surface area contributed by atoms with E-state index in [1.807, 2.05) is 42.5 Å². The molecule has 0 fully saturated rings. The van der Waals surface area contributed by atoms with Crippen molar-refractivity contribution in [1.29, 1.82) is 0 Å². The van der Waals surface area contributed by atoms with Crippen LogP contribution in [0.1, 0.15) is 40.7 Å². The lowest BCUT2D eigenvalue weighted by atomic mass is 9.91. The van der Waals surface area contributed by atoms with Gasteiger partial charge in [-0.3, -0.25) is 14.4 Å². The Hall–Kier alpha value is -4.50. The second kappa shape index (κ2) is 12.2. The lowest BCUT2D eigenvalue weighted by Crippen LogP contribution is -2.33. The summed E-state index contributed by atoms with van der Waals surface area (Å²) in [5.74, 6) is -1.94. The Kier molecular flexibility index (Phi) is 8.50. The fourth-order valence-corrected chi connectivity index (χ4v) is 4.10. The third-order valence-electron chi connectivity index (χ3n) is 5.74. The molecule has 9 nitrogen and oxygen atoms in total. The Morgan fingerprint density at radius 3 is 2.53 bits per heavy atom. The van der Waals surface area contributed by atoms with E-state index >= 15 is 0 Å². The molecule has 1 unspecified atom stereocenters. The first-order chi connectivity index (χ1) is 18.3. The van der Waals surface area contributed by atoms with Gasteiger partial charge in [0.1, 0.15) is 6.42 Å². The van der Waals surface area contributed by atoms with Crippen molar-refractivity contribution in [2.45, 2.75) is 19.3 Å². The van der Waals surface area contributed by atoms with Crippen LogP contribution in [0.3, 0.4) is 0 Å². The van der Waals surface area contributed by atoms with Crippen LogP contribution in [0.15, 0.2) is 89.0 Å². The highest BCUT2D eigenvalue weighted by molar-refractivity contribution is 6.30. The molecular formula is C28H26ClN5O4. The normalized spacial score (nSPS) is 15.1. The molecular weight excluding hydrogens is 506 g/mol. The second-order valence-electron chi connectivity index (χ2n) is 8.42. The van der Waals surface area contributed by atoms with Crippen LogP contribution in [-0.2, 0) is 14.3 Å². The SMILES string of the molecule is CCOC(=O)CC(=O)Nc1cccc(C(=O)N=C(N)N2CC(c3ccccc3)C(c3ccc(Cl)cc3)=N2)c1. The van der Waals surface area contributed by atoms with Crippen LogP contribution in [-0.4, -0.2) is 47.6 Å². The zero-order valence-electron chi connectivity index (χ0n) is 20.6. The molecule has 1 aliphatic heterocycles.